The molecule has 0 spiro atoms. The summed E-state index contributed by atoms with van der Waals surface area (Å²) in [5.74, 6) is -2.93. The van der Waals surface area contributed by atoms with Crippen molar-refractivity contribution in [3.05, 3.63) is 24.0 Å². The number of rotatable bonds is 9. The first-order chi connectivity index (χ1) is 10.1. The second-order valence-corrected chi connectivity index (χ2v) is 7.54. The summed E-state index contributed by atoms with van der Waals surface area (Å²) in [7, 11) is -7.25. The second kappa shape index (κ2) is 11.0. The Morgan fingerprint density at radius 1 is 0.818 bits per heavy atom. The predicted molar refractivity (Wildman–Crippen MR) is 85.3 cm³/mol. The molecule has 0 saturated carbocycles. The molecule has 128 valence electrons. The largest absolute Gasteiger partial charge is 0.353 e. The van der Waals surface area contributed by atoms with Crippen LogP contribution >= 0.6 is 0 Å². The molecular weight excluding hydrogens is 332 g/mol. The molecule has 0 radical (unpaired) electrons. The van der Waals surface area contributed by atoms with E-state index < -0.39 is 43.0 Å². The molecule has 0 aromatic rings. The highest BCUT2D eigenvalue weighted by Gasteiger charge is 2.13. The molecule has 0 aromatic carbocycles. The number of carbonyl (C=O) groups excluding carboxylic acids is 2. The Morgan fingerprint density at radius 3 is 1.32 bits per heavy atom. The topological polar surface area (TPSA) is 126 Å². The van der Waals surface area contributed by atoms with Crippen molar-refractivity contribution in [3.63, 3.8) is 0 Å². The third-order valence-corrected chi connectivity index (χ3v) is 4.29. The highest BCUT2D eigenvalue weighted by atomic mass is 32.2. The van der Waals surface area contributed by atoms with Crippen LogP contribution in [0.15, 0.2) is 24.0 Å². The lowest BCUT2D eigenvalue weighted by Gasteiger charge is -2.06. The summed E-state index contributed by atoms with van der Waals surface area (Å²) in [6.45, 7) is 10.1. The van der Waals surface area contributed by atoms with E-state index in [0.29, 0.717) is 10.8 Å². The van der Waals surface area contributed by atoms with Crippen molar-refractivity contribution in [2.45, 2.75) is 13.8 Å². The van der Waals surface area contributed by atoms with Crippen molar-refractivity contribution in [1.82, 2.24) is 10.6 Å². The minimum Gasteiger partial charge on any atom is -0.353 e. The van der Waals surface area contributed by atoms with E-state index in [4.69, 9.17) is 0 Å². The minimum absolute atomic E-state index is 0.0224. The molecule has 2 amide bonds. The first-order valence-electron chi connectivity index (χ1n) is 6.35. The summed E-state index contributed by atoms with van der Waals surface area (Å²) in [6, 6.07) is 0. The van der Waals surface area contributed by atoms with Crippen molar-refractivity contribution in [3.8, 4) is 0 Å². The van der Waals surface area contributed by atoms with Gasteiger partial charge < -0.3 is 10.6 Å². The Balaban J connectivity index is 0. The fraction of sp³-hybridized carbons (Fsp3) is 0.500. The maximum atomic E-state index is 11.2. The van der Waals surface area contributed by atoms with Gasteiger partial charge in [0, 0.05) is 23.9 Å². The average molecular weight is 354 g/mol. The fourth-order valence-corrected chi connectivity index (χ4v) is 2.16. The SMILES string of the molecule is C=CS(=O)(=O)CC(=O)NCCNC(=O)CS(=O)(=O)C=C.CC. The molecule has 0 aliphatic rings. The predicted octanol–water partition coefficient (Wildman–Crippen LogP) is -0.638. The van der Waals surface area contributed by atoms with Gasteiger partial charge in [0.25, 0.3) is 0 Å². The molecule has 0 aliphatic carbocycles. The van der Waals surface area contributed by atoms with Gasteiger partial charge in [-0.1, -0.05) is 27.0 Å². The van der Waals surface area contributed by atoms with Crippen LogP contribution in [0.1, 0.15) is 13.8 Å². The van der Waals surface area contributed by atoms with E-state index in [1.807, 2.05) is 13.8 Å². The van der Waals surface area contributed by atoms with E-state index in [-0.39, 0.29) is 13.1 Å². The van der Waals surface area contributed by atoms with Gasteiger partial charge >= 0.3 is 0 Å². The van der Waals surface area contributed by atoms with Crippen LogP contribution in [0.25, 0.3) is 0 Å². The highest BCUT2D eigenvalue weighted by molar-refractivity contribution is 7.95. The smallest absolute Gasteiger partial charge is 0.235 e. The quantitative estimate of drug-likeness (QED) is 0.530. The van der Waals surface area contributed by atoms with Crippen LogP contribution in [0, 0.1) is 0 Å². The Labute approximate surface area is 131 Å². The number of sulfone groups is 2. The van der Waals surface area contributed by atoms with Gasteiger partial charge in [-0.05, 0) is 0 Å². The molecule has 0 saturated heterocycles. The van der Waals surface area contributed by atoms with Crippen molar-refractivity contribution >= 4 is 31.5 Å². The molecular formula is C12H22N2O6S2. The number of hydrogen-bond donors (Lipinski definition) is 2. The Bertz CT molecular complexity index is 539. The van der Waals surface area contributed by atoms with Gasteiger partial charge in [-0.3, -0.25) is 9.59 Å². The van der Waals surface area contributed by atoms with Crippen LogP contribution in [-0.4, -0.2) is 53.2 Å². The fourth-order valence-electron chi connectivity index (χ4n) is 0.989. The van der Waals surface area contributed by atoms with Gasteiger partial charge in [0.05, 0.1) is 0 Å². The van der Waals surface area contributed by atoms with Crippen LogP contribution in [0.2, 0.25) is 0 Å². The molecule has 0 aliphatic heterocycles. The molecule has 0 fully saturated rings. The zero-order chi connectivity index (χ0) is 17.8. The van der Waals surface area contributed by atoms with Gasteiger partial charge in [0.2, 0.25) is 11.8 Å². The lowest BCUT2D eigenvalue weighted by atomic mass is 10.5. The number of carbonyl (C=O) groups is 2. The maximum Gasteiger partial charge on any atom is 0.235 e. The van der Waals surface area contributed by atoms with E-state index >= 15 is 0 Å². The van der Waals surface area contributed by atoms with Crippen LogP contribution in [0.5, 0.6) is 0 Å². The Kier molecular flexibility index (Phi) is 11.3. The summed E-state index contributed by atoms with van der Waals surface area (Å²) in [5.41, 5.74) is 0. The van der Waals surface area contributed by atoms with E-state index in [9.17, 15) is 26.4 Å². The lowest BCUT2D eigenvalue weighted by Crippen LogP contribution is -2.38. The zero-order valence-corrected chi connectivity index (χ0v) is 14.3. The van der Waals surface area contributed by atoms with E-state index in [1.165, 1.54) is 0 Å². The van der Waals surface area contributed by atoms with Crippen molar-refractivity contribution < 1.29 is 26.4 Å². The third-order valence-electron chi connectivity index (χ3n) is 1.94. The van der Waals surface area contributed by atoms with Crippen LogP contribution in [-0.2, 0) is 29.3 Å². The molecule has 10 heteroatoms. The minimum atomic E-state index is -3.63. The van der Waals surface area contributed by atoms with Crippen molar-refractivity contribution in [2.75, 3.05) is 24.6 Å². The van der Waals surface area contributed by atoms with E-state index in [1.54, 1.807) is 0 Å². The molecule has 2 N–H and O–H groups in total. The van der Waals surface area contributed by atoms with E-state index in [0.717, 1.165) is 0 Å². The Morgan fingerprint density at radius 2 is 1.09 bits per heavy atom. The molecule has 22 heavy (non-hydrogen) atoms. The molecule has 8 nitrogen and oxygen atoms in total. The van der Waals surface area contributed by atoms with Crippen molar-refractivity contribution in [2.24, 2.45) is 0 Å². The first-order valence-corrected chi connectivity index (χ1v) is 9.79. The first kappa shape index (κ1) is 22.6. The number of nitrogens with one attached hydrogen (secondary N) is 2. The van der Waals surface area contributed by atoms with Crippen LogP contribution in [0.4, 0.5) is 0 Å². The molecule has 0 bridgehead atoms. The molecule has 0 atom stereocenters. The standard InChI is InChI=1S/C10H16N2O6S2.C2H6/c1-3-19(15,16)7-9(13)11-5-6-12-10(14)8-20(17,18)4-2;1-2/h3-4H,1-2,5-8H2,(H,11,13)(H,12,14);1-2H3. The summed E-state index contributed by atoms with van der Waals surface area (Å²) in [5, 5.41) is 5.86. The van der Waals surface area contributed by atoms with Gasteiger partial charge in [-0.2, -0.15) is 0 Å². The lowest BCUT2D eigenvalue weighted by molar-refractivity contribution is -0.120. The monoisotopic (exact) mass is 354 g/mol. The van der Waals surface area contributed by atoms with Crippen LogP contribution in [0.3, 0.4) is 0 Å². The van der Waals surface area contributed by atoms with Crippen molar-refractivity contribution in [1.29, 1.82) is 0 Å². The zero-order valence-electron chi connectivity index (χ0n) is 12.7. The summed E-state index contributed by atoms with van der Waals surface area (Å²) >= 11 is 0. The summed E-state index contributed by atoms with van der Waals surface area (Å²) < 4.78 is 44.1. The second-order valence-electron chi connectivity index (χ2n) is 3.65. The number of hydrogen-bond acceptors (Lipinski definition) is 6. The van der Waals surface area contributed by atoms with E-state index in [2.05, 4.69) is 23.8 Å². The molecule has 0 heterocycles. The van der Waals surface area contributed by atoms with Gasteiger partial charge in [0.1, 0.15) is 11.5 Å². The molecule has 0 rings (SSSR count). The third kappa shape index (κ3) is 12.1. The van der Waals surface area contributed by atoms with Gasteiger partial charge in [-0.25, -0.2) is 16.8 Å². The van der Waals surface area contributed by atoms with Crippen LogP contribution < -0.4 is 10.6 Å². The molecule has 0 unspecified atom stereocenters. The van der Waals surface area contributed by atoms with Gasteiger partial charge in [0.15, 0.2) is 19.7 Å². The normalized spacial score (nSPS) is 10.6. The Hall–Kier alpha value is -1.68. The van der Waals surface area contributed by atoms with Gasteiger partial charge in [-0.15, -0.1) is 0 Å². The summed E-state index contributed by atoms with van der Waals surface area (Å²) in [6.07, 6.45) is 0. The number of amides is 2. The summed E-state index contributed by atoms with van der Waals surface area (Å²) in [4.78, 5) is 22.4. The maximum absolute atomic E-state index is 11.2. The average Bonchev–Trinajstić information content (AvgIpc) is 2.45. The highest BCUT2D eigenvalue weighted by Crippen LogP contribution is 1.90. The molecule has 0 aromatic heterocycles.